The number of hydrogen-bond acceptors (Lipinski definition) is 16. The predicted molar refractivity (Wildman–Crippen MR) is 239 cm³/mol. The van der Waals surface area contributed by atoms with Gasteiger partial charge in [-0.25, -0.2) is 9.59 Å². The van der Waals surface area contributed by atoms with Gasteiger partial charge in [0, 0.05) is 31.5 Å². The van der Waals surface area contributed by atoms with Gasteiger partial charge in [0.05, 0.1) is 95.0 Å². The van der Waals surface area contributed by atoms with E-state index in [0.29, 0.717) is 50.9 Å². The summed E-state index contributed by atoms with van der Waals surface area (Å²) in [5, 5.41) is 20.9. The number of ether oxygens (including phenoxy) is 6. The number of alkyl carbamates (subject to hydrolysis) is 1. The smallest absolute Gasteiger partial charge is 0.407 e. The molecule has 4 rings (SSSR count). The van der Waals surface area contributed by atoms with E-state index in [1.165, 1.54) is 11.3 Å². The van der Waals surface area contributed by atoms with Crippen molar-refractivity contribution in [2.75, 3.05) is 66.1 Å². The first-order chi connectivity index (χ1) is 32.0. The molecule has 4 atom stereocenters. The first kappa shape index (κ1) is 53.3. The van der Waals surface area contributed by atoms with Crippen LogP contribution in [0.2, 0.25) is 0 Å². The molecule has 1 aromatic heterocycles. The summed E-state index contributed by atoms with van der Waals surface area (Å²) in [7, 11) is 0. The van der Waals surface area contributed by atoms with Crippen molar-refractivity contribution in [1.29, 1.82) is 0 Å². The number of rotatable bonds is 33. The lowest BCUT2D eigenvalue weighted by molar-refractivity contribution is -0.198. The Morgan fingerprint density at radius 2 is 1.24 bits per heavy atom. The molecule has 20 heteroatoms. The maximum atomic E-state index is 13.8. The molecular formula is C46H63N5O14S. The Kier molecular flexibility index (Phi) is 24.8. The van der Waals surface area contributed by atoms with Crippen LogP contribution in [-0.4, -0.2) is 141 Å². The molecule has 4 N–H and O–H groups in total. The van der Waals surface area contributed by atoms with Gasteiger partial charge in [0.25, 0.3) is 11.8 Å². The summed E-state index contributed by atoms with van der Waals surface area (Å²) in [4.78, 5) is 84.0. The number of amides is 5. The molecule has 1 saturated heterocycles. The van der Waals surface area contributed by atoms with Crippen LogP contribution in [0.15, 0.2) is 72.4 Å². The van der Waals surface area contributed by atoms with Crippen LogP contribution in [0.4, 0.5) is 4.79 Å². The molecule has 3 aromatic rings. The van der Waals surface area contributed by atoms with Crippen LogP contribution in [0.3, 0.4) is 0 Å². The lowest BCUT2D eigenvalue weighted by Crippen LogP contribution is -2.54. The Morgan fingerprint density at radius 3 is 1.77 bits per heavy atom. The first-order valence-electron chi connectivity index (χ1n) is 22.1. The molecular weight excluding hydrogens is 879 g/mol. The number of thiazole rings is 1. The van der Waals surface area contributed by atoms with Gasteiger partial charge in [-0.05, 0) is 36.3 Å². The van der Waals surface area contributed by atoms with Crippen LogP contribution in [0, 0.1) is 5.92 Å². The molecule has 0 unspecified atom stereocenters. The average Bonchev–Trinajstić information content (AvgIpc) is 3.94. The lowest BCUT2D eigenvalue weighted by atomic mass is 9.93. The van der Waals surface area contributed by atoms with Gasteiger partial charge in [-0.1, -0.05) is 74.5 Å². The summed E-state index contributed by atoms with van der Waals surface area (Å²) in [6.07, 6.45) is 0.645. The van der Waals surface area contributed by atoms with Crippen molar-refractivity contribution in [3.63, 3.8) is 0 Å². The Morgan fingerprint density at radius 1 is 0.712 bits per heavy atom. The lowest BCUT2D eigenvalue weighted by Gasteiger charge is -2.30. The van der Waals surface area contributed by atoms with Crippen molar-refractivity contribution in [3.05, 3.63) is 88.4 Å². The van der Waals surface area contributed by atoms with Gasteiger partial charge in [0.2, 0.25) is 11.8 Å². The van der Waals surface area contributed by atoms with Crippen LogP contribution >= 0.6 is 11.3 Å². The standard InChI is InChI=1S/C46H63N5O14S/c1-33(2)44(50-40(53)15-17-59-19-21-61-23-25-63-26-24-62-22-20-60-18-16-43(56)65-51-41(54)13-14-42(51)55)45(57)48-36(27-34-9-5-3-6-10-34)29-39(52)38(28-35-11-7-4-8-12-35)49-46(58)64-31-37-30-47-32-66-37/h3-12,30,32-33,36,38-39,44,52H,13-29,31H2,1-2H3,(H,48,57)(H,49,58)(H,50,53)/t36-,38-,39-,44-/m0/s1. The van der Waals surface area contributed by atoms with E-state index in [4.69, 9.17) is 33.3 Å². The minimum atomic E-state index is -1.08. The third kappa shape index (κ3) is 21.3. The highest BCUT2D eigenvalue weighted by molar-refractivity contribution is 7.09. The molecule has 19 nitrogen and oxygen atoms in total. The monoisotopic (exact) mass is 941 g/mol. The highest BCUT2D eigenvalue weighted by Crippen LogP contribution is 2.17. The summed E-state index contributed by atoms with van der Waals surface area (Å²) >= 11 is 1.36. The first-order valence-corrected chi connectivity index (χ1v) is 23.0. The Balaban J connectivity index is 1.10. The van der Waals surface area contributed by atoms with Crippen molar-refractivity contribution in [2.45, 2.75) is 89.6 Å². The van der Waals surface area contributed by atoms with Gasteiger partial charge in [-0.3, -0.25) is 24.2 Å². The van der Waals surface area contributed by atoms with E-state index in [9.17, 15) is 33.9 Å². The van der Waals surface area contributed by atoms with Crippen LogP contribution in [0.5, 0.6) is 0 Å². The van der Waals surface area contributed by atoms with Crippen LogP contribution in [0.25, 0.3) is 0 Å². The number of aliphatic hydroxyl groups is 1. The SMILES string of the molecule is CC(C)[C@H](NC(=O)CCOCCOCCOCCOCCOCCC(=O)ON1C(=O)CCC1=O)C(=O)N[C@@H](Cc1ccccc1)C[C@H](O)[C@H](Cc1ccccc1)NC(=O)OCc1cncs1. The van der Waals surface area contributed by atoms with Gasteiger partial charge < -0.3 is 54.3 Å². The molecule has 2 heterocycles. The van der Waals surface area contributed by atoms with Crippen molar-refractivity contribution in [2.24, 2.45) is 5.92 Å². The van der Waals surface area contributed by atoms with Crippen molar-refractivity contribution in [1.82, 2.24) is 26.0 Å². The van der Waals surface area contributed by atoms with E-state index >= 15 is 0 Å². The zero-order valence-electron chi connectivity index (χ0n) is 37.6. The van der Waals surface area contributed by atoms with Gasteiger partial charge >= 0.3 is 12.1 Å². The van der Waals surface area contributed by atoms with Crippen molar-refractivity contribution in [3.8, 4) is 0 Å². The molecule has 1 aliphatic heterocycles. The maximum Gasteiger partial charge on any atom is 0.407 e. The number of aromatic nitrogens is 1. The van der Waals surface area contributed by atoms with Gasteiger partial charge in [0.15, 0.2) is 0 Å². The summed E-state index contributed by atoms with van der Waals surface area (Å²) in [5.41, 5.74) is 3.48. The topological polar surface area (TPSA) is 239 Å². The number of imide groups is 1. The summed E-state index contributed by atoms with van der Waals surface area (Å²) in [6.45, 7) is 6.29. The number of nitrogens with zero attached hydrogens (tertiary/aromatic N) is 2. The minimum absolute atomic E-state index is 0.0261. The number of nitrogens with one attached hydrogen (secondary N) is 3. The summed E-state index contributed by atoms with van der Waals surface area (Å²) in [6, 6.07) is 16.9. The number of hydrogen-bond donors (Lipinski definition) is 4. The van der Waals surface area contributed by atoms with Crippen molar-refractivity contribution >= 4 is 47.0 Å². The molecule has 0 bridgehead atoms. The van der Waals surface area contributed by atoms with Gasteiger partial charge in [-0.15, -0.1) is 16.4 Å². The second-order valence-corrected chi connectivity index (χ2v) is 16.5. The van der Waals surface area contributed by atoms with Crippen molar-refractivity contribution < 1.29 is 67.1 Å². The van der Waals surface area contributed by atoms with E-state index in [1.54, 1.807) is 11.7 Å². The van der Waals surface area contributed by atoms with E-state index in [0.717, 1.165) is 16.0 Å². The van der Waals surface area contributed by atoms with E-state index in [-0.39, 0.29) is 83.6 Å². The molecule has 5 amide bonds. The fourth-order valence-corrected chi connectivity index (χ4v) is 7.03. The molecule has 0 saturated carbocycles. The van der Waals surface area contributed by atoms with Crippen LogP contribution in [0.1, 0.15) is 62.0 Å². The Hall–Kier alpha value is -5.35. The molecule has 1 aliphatic rings. The summed E-state index contributed by atoms with van der Waals surface area (Å²) in [5.74, 6) is -2.80. The van der Waals surface area contributed by atoms with Gasteiger partial charge in [-0.2, -0.15) is 0 Å². The van der Waals surface area contributed by atoms with Crippen LogP contribution < -0.4 is 16.0 Å². The molecule has 1 fully saturated rings. The molecule has 2 aromatic carbocycles. The van der Waals surface area contributed by atoms with E-state index in [2.05, 4.69) is 20.9 Å². The Labute approximate surface area is 389 Å². The fourth-order valence-electron chi connectivity index (χ4n) is 6.52. The fraction of sp³-hybridized carbons (Fsp3) is 0.543. The number of carbonyl (C=O) groups excluding carboxylic acids is 6. The Bertz CT molecular complexity index is 1880. The van der Waals surface area contributed by atoms with Crippen LogP contribution in [-0.2, 0) is 76.7 Å². The van der Waals surface area contributed by atoms with Gasteiger partial charge in [0.1, 0.15) is 12.6 Å². The second-order valence-electron chi connectivity index (χ2n) is 15.6. The van der Waals surface area contributed by atoms with E-state index in [1.807, 2.05) is 74.5 Å². The highest BCUT2D eigenvalue weighted by Gasteiger charge is 2.33. The average molecular weight is 942 g/mol. The quantitative estimate of drug-likeness (QED) is 0.0507. The molecule has 0 radical (unpaired) electrons. The third-order valence-corrected chi connectivity index (χ3v) is 10.7. The highest BCUT2D eigenvalue weighted by atomic mass is 32.1. The largest absolute Gasteiger partial charge is 0.444 e. The molecule has 66 heavy (non-hydrogen) atoms. The predicted octanol–water partition coefficient (Wildman–Crippen LogP) is 3.07. The molecule has 0 spiro atoms. The number of carbonyl (C=O) groups is 6. The zero-order chi connectivity index (χ0) is 47.4. The zero-order valence-corrected chi connectivity index (χ0v) is 38.4. The normalized spacial score (nSPS) is 14.4. The summed E-state index contributed by atoms with van der Waals surface area (Å²) < 4.78 is 32.7. The molecule has 362 valence electrons. The second kappa shape index (κ2) is 30.8. The number of benzene rings is 2. The number of aliphatic hydroxyl groups excluding tert-OH is 1. The molecule has 0 aliphatic carbocycles. The maximum absolute atomic E-state index is 13.8. The van der Waals surface area contributed by atoms with E-state index < -0.39 is 54.0 Å². The minimum Gasteiger partial charge on any atom is -0.444 e. The third-order valence-electron chi connectivity index (χ3n) is 9.97. The number of hydroxylamine groups is 2.